The minimum atomic E-state index is -0.0140. The second-order valence-electron chi connectivity index (χ2n) is 13.9. The van der Waals surface area contributed by atoms with Crippen LogP contribution in [0, 0.1) is 10.8 Å². The van der Waals surface area contributed by atoms with Crippen molar-refractivity contribution in [1.29, 1.82) is 0 Å². The van der Waals surface area contributed by atoms with Crippen molar-refractivity contribution in [2.24, 2.45) is 16.6 Å². The Balaban J connectivity index is 0.00000118. The Morgan fingerprint density at radius 3 is 1.28 bits per heavy atom. The summed E-state index contributed by atoms with van der Waals surface area (Å²) in [5.74, 6) is 0.498. The Kier molecular flexibility index (Phi) is 11.5. The van der Waals surface area contributed by atoms with E-state index in [0.717, 1.165) is 29.2 Å². The van der Waals surface area contributed by atoms with E-state index in [0.29, 0.717) is 0 Å². The molecule has 0 saturated heterocycles. The molecule has 0 aromatic heterocycles. The molecule has 0 aliphatic heterocycles. The molecule has 0 spiro atoms. The van der Waals surface area contributed by atoms with E-state index in [-0.39, 0.29) is 33.2 Å². The van der Waals surface area contributed by atoms with Gasteiger partial charge in [-0.05, 0) is 82.9 Å². The van der Waals surface area contributed by atoms with Crippen LogP contribution in [0.3, 0.4) is 0 Å². The van der Waals surface area contributed by atoms with Crippen LogP contribution in [0.1, 0.15) is 113 Å². The predicted octanol–water partition coefficient (Wildman–Crippen LogP) is 9.42. The molecule has 3 nitrogen and oxygen atoms in total. The zero-order valence-electron chi connectivity index (χ0n) is 24.9. The van der Waals surface area contributed by atoms with Crippen molar-refractivity contribution in [1.82, 2.24) is 0 Å². The van der Waals surface area contributed by atoms with Crippen molar-refractivity contribution in [3.63, 3.8) is 0 Å². The Morgan fingerprint density at radius 1 is 0.667 bits per heavy atom. The Morgan fingerprint density at radius 2 is 1.03 bits per heavy atom. The first-order chi connectivity index (χ1) is 16.3. The molecule has 0 saturated carbocycles. The van der Waals surface area contributed by atoms with Gasteiger partial charge >= 0.3 is 0 Å². The molecule has 0 fully saturated rings. The minimum absolute atomic E-state index is 0.0140. The summed E-state index contributed by atoms with van der Waals surface area (Å²) < 4.78 is 0. The number of hydrogen-bond donors (Lipinski definition) is 3. The van der Waals surface area contributed by atoms with Gasteiger partial charge < -0.3 is 15.9 Å². The van der Waals surface area contributed by atoms with E-state index in [1.54, 1.807) is 12.1 Å². The maximum absolute atomic E-state index is 10.6. The molecule has 36 heavy (non-hydrogen) atoms. The average molecular weight is 516 g/mol. The van der Waals surface area contributed by atoms with Crippen molar-refractivity contribution >= 4 is 11.8 Å². The van der Waals surface area contributed by atoms with Crippen LogP contribution in [0.5, 0.6) is 11.5 Å². The number of benzene rings is 2. The fourth-order valence-corrected chi connectivity index (χ4v) is 6.17. The van der Waals surface area contributed by atoms with Crippen molar-refractivity contribution < 1.29 is 10.2 Å². The van der Waals surface area contributed by atoms with E-state index in [1.165, 1.54) is 35.7 Å². The van der Waals surface area contributed by atoms with Crippen LogP contribution >= 0.6 is 11.8 Å². The molecule has 0 atom stereocenters. The monoisotopic (exact) mass is 515 g/mol. The zero-order chi connectivity index (χ0) is 27.9. The molecule has 0 bridgehead atoms. The van der Waals surface area contributed by atoms with Gasteiger partial charge in [-0.2, -0.15) is 0 Å². The third-order valence-corrected chi connectivity index (χ3v) is 7.30. The van der Waals surface area contributed by atoms with Gasteiger partial charge in [0.2, 0.25) is 0 Å². The maximum atomic E-state index is 10.6. The van der Waals surface area contributed by atoms with Gasteiger partial charge in [0.1, 0.15) is 11.5 Å². The predicted molar refractivity (Wildman–Crippen MR) is 158 cm³/mol. The first kappa shape index (κ1) is 32.4. The number of aromatic hydroxyl groups is 2. The topological polar surface area (TPSA) is 66.5 Å². The van der Waals surface area contributed by atoms with Crippen molar-refractivity contribution in [2.45, 2.75) is 122 Å². The fourth-order valence-electron chi connectivity index (χ4n) is 5.21. The maximum Gasteiger partial charge on any atom is 0.129 e. The molecule has 0 radical (unpaired) electrons. The summed E-state index contributed by atoms with van der Waals surface area (Å²) in [6.07, 6.45) is 4.46. The largest absolute Gasteiger partial charge is 0.507 e. The van der Waals surface area contributed by atoms with Crippen LogP contribution in [0.15, 0.2) is 46.2 Å². The zero-order valence-corrected chi connectivity index (χ0v) is 25.7. The van der Waals surface area contributed by atoms with E-state index in [4.69, 9.17) is 5.73 Å². The van der Waals surface area contributed by atoms with Gasteiger partial charge in [-0.3, -0.25) is 0 Å². The van der Waals surface area contributed by atoms with Gasteiger partial charge in [-0.15, -0.1) is 0 Å². The van der Waals surface area contributed by atoms with Crippen LogP contribution in [0.25, 0.3) is 0 Å². The van der Waals surface area contributed by atoms with Gasteiger partial charge in [-0.25, -0.2) is 0 Å². The quantitative estimate of drug-likeness (QED) is 0.327. The third kappa shape index (κ3) is 10.8. The summed E-state index contributed by atoms with van der Waals surface area (Å²) in [5.41, 5.74) is 7.93. The lowest BCUT2D eigenvalue weighted by Crippen LogP contribution is -2.24. The fraction of sp³-hybridized carbons (Fsp3) is 0.625. The minimum Gasteiger partial charge on any atom is -0.507 e. The van der Waals surface area contributed by atoms with Crippen LogP contribution in [0.4, 0.5) is 0 Å². The average Bonchev–Trinajstić information content (AvgIpc) is 2.68. The van der Waals surface area contributed by atoms with Gasteiger partial charge in [0.05, 0.1) is 9.79 Å². The van der Waals surface area contributed by atoms with Crippen LogP contribution in [-0.4, -0.2) is 16.8 Å². The van der Waals surface area contributed by atoms with Crippen LogP contribution in [-0.2, 0) is 10.8 Å². The molecule has 2 aromatic rings. The first-order valence-corrected chi connectivity index (χ1v) is 14.2. The molecule has 0 aliphatic rings. The summed E-state index contributed by atoms with van der Waals surface area (Å²) in [7, 11) is 0. The highest BCUT2D eigenvalue weighted by Crippen LogP contribution is 2.45. The van der Waals surface area contributed by atoms with E-state index in [2.05, 4.69) is 88.3 Å². The molecular formula is C32H53NO2S. The molecule has 204 valence electrons. The molecule has 2 aromatic carbocycles. The smallest absolute Gasteiger partial charge is 0.129 e. The van der Waals surface area contributed by atoms with Gasteiger partial charge in [0, 0.05) is 0 Å². The summed E-state index contributed by atoms with van der Waals surface area (Å²) in [4.78, 5) is 1.56. The molecular weight excluding hydrogens is 462 g/mol. The Labute approximate surface area is 226 Å². The molecule has 2 rings (SSSR count). The Hall–Kier alpha value is -1.65. The van der Waals surface area contributed by atoms with Crippen LogP contribution in [0.2, 0.25) is 0 Å². The highest BCUT2D eigenvalue weighted by Gasteiger charge is 2.29. The number of nitrogens with two attached hydrogens (primary N) is 1. The molecule has 4 heteroatoms. The molecule has 0 unspecified atom stereocenters. The van der Waals surface area contributed by atoms with E-state index in [9.17, 15) is 10.2 Å². The highest BCUT2D eigenvalue weighted by atomic mass is 32.2. The van der Waals surface area contributed by atoms with E-state index < -0.39 is 0 Å². The SMILES string of the molecule is CC(C)(C)CC(C)(C)c1ccc(O)c(Sc2cc(C(C)(C)CC(C)(C)C)ccc2O)c1.CCCCN. The molecule has 0 amide bonds. The van der Waals surface area contributed by atoms with Crippen LogP contribution < -0.4 is 5.73 Å². The second-order valence-corrected chi connectivity index (χ2v) is 14.9. The lowest BCUT2D eigenvalue weighted by Gasteiger charge is -2.33. The Bertz CT molecular complexity index is 888. The number of phenols is 2. The summed E-state index contributed by atoms with van der Waals surface area (Å²) in [6, 6.07) is 11.8. The molecule has 4 N–H and O–H groups in total. The standard InChI is InChI=1S/C28H42O2S.C4H11N/c1-25(2,3)17-27(7,8)19-11-13-21(29)23(15-19)31-24-16-20(12-14-22(24)30)28(9,10)18-26(4,5)6;1-2-3-4-5/h11-16,29-30H,17-18H2,1-10H3;2-5H2,1H3. The number of phenolic OH excluding ortho intramolecular Hbond substituents is 2. The lowest BCUT2D eigenvalue weighted by atomic mass is 9.72. The van der Waals surface area contributed by atoms with Gasteiger partial charge in [0.15, 0.2) is 0 Å². The van der Waals surface area contributed by atoms with Crippen molar-refractivity contribution in [3.8, 4) is 11.5 Å². The summed E-state index contributed by atoms with van der Waals surface area (Å²) in [6.45, 7) is 25.5. The van der Waals surface area contributed by atoms with E-state index >= 15 is 0 Å². The summed E-state index contributed by atoms with van der Waals surface area (Å²) >= 11 is 1.44. The van der Waals surface area contributed by atoms with Gasteiger partial charge in [0.25, 0.3) is 0 Å². The first-order valence-electron chi connectivity index (χ1n) is 13.4. The lowest BCUT2D eigenvalue weighted by molar-refractivity contribution is 0.283. The highest BCUT2D eigenvalue weighted by molar-refractivity contribution is 7.99. The number of hydrogen-bond acceptors (Lipinski definition) is 4. The number of unbranched alkanes of at least 4 members (excludes halogenated alkanes) is 1. The van der Waals surface area contributed by atoms with Gasteiger partial charge in [-0.1, -0.05) is 106 Å². The third-order valence-electron chi connectivity index (χ3n) is 6.20. The van der Waals surface area contributed by atoms with Crippen molar-refractivity contribution in [3.05, 3.63) is 47.5 Å². The molecule has 0 heterocycles. The van der Waals surface area contributed by atoms with Crippen molar-refractivity contribution in [2.75, 3.05) is 6.54 Å². The normalized spacial score (nSPS) is 12.8. The summed E-state index contributed by atoms with van der Waals surface area (Å²) in [5, 5.41) is 21.1. The molecule has 0 aliphatic carbocycles. The second kappa shape index (κ2) is 12.7. The number of rotatable bonds is 8. The van der Waals surface area contributed by atoms with E-state index in [1.807, 2.05) is 12.1 Å².